The topological polar surface area (TPSA) is 58.6 Å². The molecule has 1 aromatic carbocycles. The molecule has 7 heteroatoms. The maximum atomic E-state index is 13.0. The van der Waals surface area contributed by atoms with Gasteiger partial charge in [-0.25, -0.2) is 8.42 Å². The van der Waals surface area contributed by atoms with E-state index in [1.807, 2.05) is 20.8 Å². The molecule has 0 spiro atoms. The fraction of sp³-hybridized carbons (Fsp3) is 0.667. The smallest absolute Gasteiger partial charge is 0.243 e. The predicted octanol–water partition coefficient (Wildman–Crippen LogP) is 3.11. The van der Waals surface area contributed by atoms with Crippen molar-refractivity contribution in [2.45, 2.75) is 75.6 Å². The second kappa shape index (κ2) is 7.82. The van der Waals surface area contributed by atoms with Gasteiger partial charge in [-0.2, -0.15) is 4.31 Å². The Morgan fingerprint density at radius 2 is 1.80 bits per heavy atom. The largest absolute Gasteiger partial charge is 0.491 e. The molecule has 1 N–H and O–H groups in total. The molecule has 1 aromatic rings. The molecule has 5 nitrogen and oxygen atoms in total. The Bertz CT molecular complexity index is 696. The molecule has 0 aliphatic carbocycles. The molecule has 2 bridgehead atoms. The van der Waals surface area contributed by atoms with Crippen LogP contribution in [0.25, 0.3) is 0 Å². The van der Waals surface area contributed by atoms with E-state index in [2.05, 4.69) is 5.32 Å². The van der Waals surface area contributed by atoms with Crippen molar-refractivity contribution >= 4 is 22.4 Å². The Balaban J connectivity index is 0.00000225. The summed E-state index contributed by atoms with van der Waals surface area (Å²) in [7, 11) is -1.75. The maximum Gasteiger partial charge on any atom is 0.243 e. The van der Waals surface area contributed by atoms with Crippen LogP contribution in [0.15, 0.2) is 23.1 Å². The molecule has 2 heterocycles. The van der Waals surface area contributed by atoms with Crippen LogP contribution in [-0.4, -0.2) is 44.0 Å². The van der Waals surface area contributed by atoms with E-state index < -0.39 is 10.0 Å². The van der Waals surface area contributed by atoms with E-state index in [4.69, 9.17) is 4.74 Å². The summed E-state index contributed by atoms with van der Waals surface area (Å²) in [6.45, 7) is 5.81. The first kappa shape index (κ1) is 20.5. The zero-order valence-corrected chi connectivity index (χ0v) is 17.0. The van der Waals surface area contributed by atoms with E-state index >= 15 is 0 Å². The predicted molar refractivity (Wildman–Crippen MR) is 102 cm³/mol. The van der Waals surface area contributed by atoms with E-state index in [0.717, 1.165) is 37.0 Å². The van der Waals surface area contributed by atoms with Crippen LogP contribution >= 0.6 is 12.4 Å². The average Bonchev–Trinajstić information content (AvgIpc) is 2.86. The second-order valence-electron chi connectivity index (χ2n) is 7.38. The minimum absolute atomic E-state index is 0. The van der Waals surface area contributed by atoms with Gasteiger partial charge in [0.2, 0.25) is 10.0 Å². The van der Waals surface area contributed by atoms with Gasteiger partial charge in [0.1, 0.15) is 5.75 Å². The number of hydrogen-bond donors (Lipinski definition) is 1. The molecule has 142 valence electrons. The fourth-order valence-corrected chi connectivity index (χ4v) is 5.32. The van der Waals surface area contributed by atoms with Crippen molar-refractivity contribution in [1.82, 2.24) is 9.62 Å². The number of aryl methyl sites for hydroxylation is 1. The summed E-state index contributed by atoms with van der Waals surface area (Å²) in [5.74, 6) is 0.742. The summed E-state index contributed by atoms with van der Waals surface area (Å²) in [5, 5.41) is 3.56. The Kier molecular flexibility index (Phi) is 6.41. The number of ether oxygens (including phenoxy) is 1. The summed E-state index contributed by atoms with van der Waals surface area (Å²) in [6.07, 6.45) is 4.20. The zero-order chi connectivity index (χ0) is 17.5. The third-order valence-electron chi connectivity index (χ3n) is 5.15. The number of piperidine rings is 1. The van der Waals surface area contributed by atoms with Crippen molar-refractivity contribution in [2.75, 3.05) is 7.05 Å². The summed E-state index contributed by atoms with van der Waals surface area (Å²) < 4.78 is 33.3. The highest BCUT2D eigenvalue weighted by molar-refractivity contribution is 7.89. The molecule has 2 fully saturated rings. The molecule has 25 heavy (non-hydrogen) atoms. The van der Waals surface area contributed by atoms with Crippen LogP contribution in [0.4, 0.5) is 0 Å². The SMILES string of the molecule is Cc1cc(S(=O)(=O)N(C)C2CC3CCC(C2)N3)ccc1OC(C)C.Cl. The highest BCUT2D eigenvalue weighted by atomic mass is 35.5. The molecule has 2 aliphatic heterocycles. The lowest BCUT2D eigenvalue weighted by molar-refractivity contribution is 0.240. The third-order valence-corrected chi connectivity index (χ3v) is 7.05. The first-order valence-corrected chi connectivity index (χ1v) is 10.2. The van der Waals surface area contributed by atoms with Gasteiger partial charge >= 0.3 is 0 Å². The van der Waals surface area contributed by atoms with Crippen LogP contribution in [0.5, 0.6) is 5.75 Å². The van der Waals surface area contributed by atoms with Gasteiger partial charge in [-0.05, 0) is 70.2 Å². The molecule has 2 unspecified atom stereocenters. The number of fused-ring (bicyclic) bond motifs is 2. The lowest BCUT2D eigenvalue weighted by Gasteiger charge is -2.34. The Morgan fingerprint density at radius 3 is 2.32 bits per heavy atom. The fourth-order valence-electron chi connectivity index (χ4n) is 3.86. The van der Waals surface area contributed by atoms with Gasteiger partial charge < -0.3 is 10.1 Å². The minimum atomic E-state index is -3.48. The van der Waals surface area contributed by atoms with Gasteiger partial charge in [0, 0.05) is 25.2 Å². The van der Waals surface area contributed by atoms with Crippen LogP contribution < -0.4 is 10.1 Å². The van der Waals surface area contributed by atoms with Crippen LogP contribution in [0.1, 0.15) is 45.1 Å². The zero-order valence-electron chi connectivity index (χ0n) is 15.4. The van der Waals surface area contributed by atoms with Gasteiger partial charge in [-0.15, -0.1) is 12.4 Å². The number of benzene rings is 1. The molecule has 0 saturated carbocycles. The van der Waals surface area contributed by atoms with E-state index in [9.17, 15) is 8.42 Å². The summed E-state index contributed by atoms with van der Waals surface area (Å²) in [5.41, 5.74) is 0.851. The molecule has 2 aliphatic rings. The highest BCUT2D eigenvalue weighted by Gasteiger charge is 2.38. The highest BCUT2D eigenvalue weighted by Crippen LogP contribution is 2.32. The lowest BCUT2D eigenvalue weighted by Crippen LogP contribution is -2.48. The monoisotopic (exact) mass is 388 g/mol. The molecular weight excluding hydrogens is 360 g/mol. The quantitative estimate of drug-likeness (QED) is 0.841. The Hall–Kier alpha value is -0.820. The van der Waals surface area contributed by atoms with Crippen molar-refractivity contribution < 1.29 is 13.2 Å². The van der Waals surface area contributed by atoms with Crippen molar-refractivity contribution in [3.05, 3.63) is 23.8 Å². The second-order valence-corrected chi connectivity index (χ2v) is 9.38. The van der Waals surface area contributed by atoms with Gasteiger partial charge in [-0.3, -0.25) is 0 Å². The van der Waals surface area contributed by atoms with Gasteiger partial charge in [0.25, 0.3) is 0 Å². The van der Waals surface area contributed by atoms with E-state index in [1.54, 1.807) is 29.6 Å². The van der Waals surface area contributed by atoms with Crippen LogP contribution in [0, 0.1) is 6.92 Å². The van der Waals surface area contributed by atoms with E-state index in [-0.39, 0.29) is 24.6 Å². The first-order chi connectivity index (χ1) is 11.3. The van der Waals surface area contributed by atoms with Gasteiger partial charge in [0.05, 0.1) is 11.0 Å². The molecular formula is C18H29ClN2O3S. The number of halogens is 1. The Morgan fingerprint density at radius 1 is 1.20 bits per heavy atom. The number of rotatable bonds is 5. The van der Waals surface area contributed by atoms with Crippen molar-refractivity contribution in [3.8, 4) is 5.75 Å². The minimum Gasteiger partial charge on any atom is -0.491 e. The van der Waals surface area contributed by atoms with Crippen LogP contribution in [0.2, 0.25) is 0 Å². The lowest BCUT2D eigenvalue weighted by atomic mass is 10.0. The Labute approximate surface area is 157 Å². The van der Waals surface area contributed by atoms with Gasteiger partial charge in [-0.1, -0.05) is 0 Å². The molecule has 2 saturated heterocycles. The molecule has 2 atom stereocenters. The van der Waals surface area contributed by atoms with Crippen LogP contribution in [0.3, 0.4) is 0 Å². The molecule has 0 radical (unpaired) electrons. The van der Waals surface area contributed by atoms with Crippen LogP contribution in [-0.2, 0) is 10.0 Å². The standard InChI is InChI=1S/C18H28N2O3S.ClH/c1-12(2)23-18-8-7-17(9-13(18)3)24(21,22)20(4)16-10-14-5-6-15(11-16)19-14;/h7-9,12,14-16,19H,5-6,10-11H2,1-4H3;1H. The number of nitrogens with zero attached hydrogens (tertiary/aromatic N) is 1. The van der Waals surface area contributed by atoms with E-state index in [0.29, 0.717) is 17.0 Å². The van der Waals surface area contributed by atoms with Crippen molar-refractivity contribution in [1.29, 1.82) is 0 Å². The number of nitrogens with one attached hydrogen (secondary N) is 1. The van der Waals surface area contributed by atoms with E-state index in [1.165, 1.54) is 0 Å². The molecule has 0 amide bonds. The summed E-state index contributed by atoms with van der Waals surface area (Å²) >= 11 is 0. The summed E-state index contributed by atoms with van der Waals surface area (Å²) in [4.78, 5) is 0.351. The molecule has 3 rings (SSSR count). The number of hydrogen-bond acceptors (Lipinski definition) is 4. The summed E-state index contributed by atoms with van der Waals surface area (Å²) in [6, 6.07) is 6.17. The van der Waals surface area contributed by atoms with Crippen molar-refractivity contribution in [2.24, 2.45) is 0 Å². The number of sulfonamides is 1. The average molecular weight is 389 g/mol. The first-order valence-electron chi connectivity index (χ1n) is 8.78. The third kappa shape index (κ3) is 4.30. The normalized spacial score (nSPS) is 25.9. The maximum absolute atomic E-state index is 13.0. The van der Waals surface area contributed by atoms with Gasteiger partial charge in [0.15, 0.2) is 0 Å². The van der Waals surface area contributed by atoms with Crippen molar-refractivity contribution in [3.63, 3.8) is 0 Å². The molecule has 0 aromatic heterocycles.